The van der Waals surface area contributed by atoms with Crippen LogP contribution in [0.5, 0.6) is 0 Å². The number of ether oxygens (including phenoxy) is 1. The van der Waals surface area contributed by atoms with E-state index < -0.39 is 0 Å². The minimum Gasteiger partial charge on any atom is -0.374 e. The molecule has 2 unspecified atom stereocenters. The molecule has 0 spiro atoms. The van der Waals surface area contributed by atoms with Gasteiger partial charge in [-0.3, -0.25) is 0 Å². The fraction of sp³-hybridized carbons (Fsp3) is 1.00. The van der Waals surface area contributed by atoms with Crippen molar-refractivity contribution in [2.24, 2.45) is 32.5 Å². The van der Waals surface area contributed by atoms with Gasteiger partial charge >= 0.3 is 0 Å². The molecule has 0 saturated heterocycles. The highest BCUT2D eigenvalue weighted by molar-refractivity contribution is 4.90. The molecule has 0 radical (unpaired) electrons. The second-order valence-corrected chi connectivity index (χ2v) is 15.6. The van der Waals surface area contributed by atoms with Gasteiger partial charge in [0, 0.05) is 0 Å². The van der Waals surface area contributed by atoms with Crippen molar-refractivity contribution in [1.29, 1.82) is 0 Å². The van der Waals surface area contributed by atoms with Gasteiger partial charge in [-0.15, -0.1) is 0 Å². The number of hydrogen-bond donors (Lipinski definition) is 0. The topological polar surface area (TPSA) is 9.23 Å². The Kier molecular flexibility index (Phi) is 9.20. The van der Waals surface area contributed by atoms with Crippen molar-refractivity contribution in [3.63, 3.8) is 0 Å². The summed E-state index contributed by atoms with van der Waals surface area (Å²) in [5.74, 6) is 0. The summed E-state index contributed by atoms with van der Waals surface area (Å²) in [5.41, 5.74) is 1.65. The molecule has 0 amide bonds. The predicted molar refractivity (Wildman–Crippen MR) is 133 cm³/mol. The van der Waals surface area contributed by atoms with E-state index in [-0.39, 0.29) is 23.0 Å². The van der Waals surface area contributed by atoms with Crippen LogP contribution in [-0.4, -0.2) is 12.2 Å². The predicted octanol–water partition coefficient (Wildman–Crippen LogP) is 9.54. The van der Waals surface area contributed by atoms with E-state index in [1.807, 2.05) is 0 Å². The highest BCUT2D eigenvalue weighted by Gasteiger charge is 2.40. The van der Waals surface area contributed by atoms with Gasteiger partial charge in [0.1, 0.15) is 0 Å². The van der Waals surface area contributed by atoms with E-state index in [4.69, 9.17) is 4.74 Å². The molecule has 0 bridgehead atoms. The molecule has 0 aromatic carbocycles. The third kappa shape index (κ3) is 11.8. The van der Waals surface area contributed by atoms with Gasteiger partial charge < -0.3 is 4.74 Å². The molecule has 1 heteroatoms. The first-order chi connectivity index (χ1) is 12.4. The van der Waals surface area contributed by atoms with E-state index in [2.05, 4.69) is 111 Å². The molecule has 0 fully saturated rings. The molecular weight excluding hydrogens is 352 g/mol. The van der Waals surface area contributed by atoms with E-state index in [1.54, 1.807) is 0 Å². The monoisotopic (exact) mass is 410 g/mol. The first kappa shape index (κ1) is 29.0. The lowest BCUT2D eigenvalue weighted by Crippen LogP contribution is -2.42. The smallest absolute Gasteiger partial charge is 0.0601 e. The summed E-state index contributed by atoms with van der Waals surface area (Å²) in [4.78, 5) is 0. The molecule has 0 aliphatic carbocycles. The summed E-state index contributed by atoms with van der Waals surface area (Å²) in [6, 6.07) is 0. The minimum absolute atomic E-state index is 0.153. The van der Waals surface area contributed by atoms with Crippen molar-refractivity contribution in [3.8, 4) is 0 Å². The average Bonchev–Trinajstić information content (AvgIpc) is 2.28. The Morgan fingerprint density at radius 2 is 0.690 bits per heavy atom. The van der Waals surface area contributed by atoms with Gasteiger partial charge in [0.15, 0.2) is 0 Å². The number of hydrogen-bond acceptors (Lipinski definition) is 1. The standard InChI is InChI=1S/C28H58O/c1-21(27(13,14)19-25(9,10)17-23(3,4)5)29-22(2)28(15,16)20-26(11,12)18-24(6,7)8/h21-22H,17-20H2,1-16H3. The first-order valence-corrected chi connectivity index (χ1v) is 12.0. The highest BCUT2D eigenvalue weighted by Crippen LogP contribution is 2.46. The Hall–Kier alpha value is -0.0400. The van der Waals surface area contributed by atoms with Gasteiger partial charge in [0.05, 0.1) is 12.2 Å². The van der Waals surface area contributed by atoms with E-state index in [9.17, 15) is 0 Å². The lowest BCUT2D eigenvalue weighted by Gasteiger charge is -2.45. The van der Waals surface area contributed by atoms with Crippen LogP contribution in [0, 0.1) is 32.5 Å². The van der Waals surface area contributed by atoms with Gasteiger partial charge in [-0.2, -0.15) is 0 Å². The van der Waals surface area contributed by atoms with Crippen LogP contribution in [-0.2, 0) is 4.74 Å². The Morgan fingerprint density at radius 1 is 0.448 bits per heavy atom. The van der Waals surface area contributed by atoms with Crippen LogP contribution in [0.2, 0.25) is 0 Å². The lowest BCUT2D eigenvalue weighted by atomic mass is 9.66. The molecule has 0 heterocycles. The van der Waals surface area contributed by atoms with Crippen molar-refractivity contribution in [3.05, 3.63) is 0 Å². The normalized spacial score (nSPS) is 17.4. The van der Waals surface area contributed by atoms with Crippen molar-refractivity contribution in [2.45, 2.75) is 149 Å². The van der Waals surface area contributed by atoms with Crippen LogP contribution in [0.1, 0.15) is 136 Å². The zero-order valence-corrected chi connectivity index (χ0v) is 23.4. The third-order valence-corrected chi connectivity index (χ3v) is 6.50. The summed E-state index contributed by atoms with van der Waals surface area (Å²) in [6.07, 6.45) is 5.31. The van der Waals surface area contributed by atoms with Gasteiger partial charge in [-0.1, -0.05) is 96.9 Å². The molecule has 0 N–H and O–H groups in total. The van der Waals surface area contributed by atoms with E-state index >= 15 is 0 Å². The quantitative estimate of drug-likeness (QED) is 0.348. The Morgan fingerprint density at radius 3 is 0.897 bits per heavy atom. The lowest BCUT2D eigenvalue weighted by molar-refractivity contribution is -0.117. The fourth-order valence-electron chi connectivity index (χ4n) is 6.43. The Labute approximate surface area is 186 Å². The molecule has 0 aliphatic rings. The average molecular weight is 411 g/mol. The van der Waals surface area contributed by atoms with Gasteiger partial charge in [0.25, 0.3) is 0 Å². The Bertz CT molecular complexity index is 447. The molecular formula is C28H58O. The second kappa shape index (κ2) is 9.22. The van der Waals surface area contributed by atoms with Gasteiger partial charge in [-0.25, -0.2) is 0 Å². The van der Waals surface area contributed by atoms with E-state index in [1.165, 1.54) is 25.7 Å². The molecule has 0 saturated carbocycles. The fourth-order valence-corrected chi connectivity index (χ4v) is 6.43. The van der Waals surface area contributed by atoms with Crippen LogP contribution in [0.4, 0.5) is 0 Å². The zero-order chi connectivity index (χ0) is 23.7. The number of rotatable bonds is 10. The third-order valence-electron chi connectivity index (χ3n) is 6.50. The minimum atomic E-state index is 0.153. The summed E-state index contributed by atoms with van der Waals surface area (Å²) >= 11 is 0. The summed E-state index contributed by atoms with van der Waals surface area (Å²) in [7, 11) is 0. The second-order valence-electron chi connectivity index (χ2n) is 15.6. The van der Waals surface area contributed by atoms with Crippen molar-refractivity contribution in [1.82, 2.24) is 0 Å². The molecule has 1 nitrogen and oxygen atoms in total. The maximum Gasteiger partial charge on any atom is 0.0601 e. The van der Waals surface area contributed by atoms with Crippen molar-refractivity contribution >= 4 is 0 Å². The maximum atomic E-state index is 6.73. The molecule has 0 rings (SSSR count). The molecule has 29 heavy (non-hydrogen) atoms. The maximum absolute atomic E-state index is 6.73. The van der Waals surface area contributed by atoms with Crippen LogP contribution < -0.4 is 0 Å². The largest absolute Gasteiger partial charge is 0.374 e. The van der Waals surface area contributed by atoms with Crippen molar-refractivity contribution in [2.75, 3.05) is 0 Å². The van der Waals surface area contributed by atoms with Crippen LogP contribution in [0.25, 0.3) is 0 Å². The zero-order valence-electron chi connectivity index (χ0n) is 23.4. The summed E-state index contributed by atoms with van der Waals surface area (Å²) < 4.78 is 6.73. The van der Waals surface area contributed by atoms with Crippen LogP contribution >= 0.6 is 0 Å². The van der Waals surface area contributed by atoms with Crippen LogP contribution in [0.3, 0.4) is 0 Å². The molecule has 0 aromatic heterocycles. The van der Waals surface area contributed by atoms with Crippen molar-refractivity contribution < 1.29 is 4.74 Å². The first-order valence-electron chi connectivity index (χ1n) is 12.0. The Balaban J connectivity index is 5.14. The van der Waals surface area contributed by atoms with E-state index in [0.29, 0.717) is 21.7 Å². The molecule has 2 atom stereocenters. The van der Waals surface area contributed by atoms with Crippen LogP contribution in [0.15, 0.2) is 0 Å². The SMILES string of the molecule is CC(OC(C)C(C)(C)CC(C)(C)CC(C)(C)C)C(C)(C)CC(C)(C)CC(C)(C)C. The highest BCUT2D eigenvalue weighted by atomic mass is 16.5. The summed E-state index contributed by atoms with van der Waals surface area (Å²) in [6.45, 7) is 38.0. The van der Waals surface area contributed by atoms with Gasteiger partial charge in [-0.05, 0) is 72.0 Å². The molecule has 0 aromatic rings. The summed E-state index contributed by atoms with van der Waals surface area (Å²) in [5, 5.41) is 0. The van der Waals surface area contributed by atoms with Gasteiger partial charge in [0.2, 0.25) is 0 Å². The van der Waals surface area contributed by atoms with E-state index in [0.717, 1.165) is 0 Å². The molecule has 176 valence electrons. The molecule has 0 aliphatic heterocycles.